The van der Waals surface area contributed by atoms with Crippen molar-refractivity contribution in [2.24, 2.45) is 23.7 Å². The van der Waals surface area contributed by atoms with Crippen molar-refractivity contribution in [1.82, 2.24) is 4.90 Å². The van der Waals surface area contributed by atoms with Crippen LogP contribution in [0.15, 0.2) is 0 Å². The van der Waals surface area contributed by atoms with Gasteiger partial charge in [-0.05, 0) is 42.9 Å². The molecule has 0 aromatic carbocycles. The number of fused-ring (bicyclic) bond motifs is 5. The molecule has 3 rings (SSSR count). The molecule has 2 aliphatic carbocycles. The van der Waals surface area contributed by atoms with Crippen LogP contribution in [0.4, 0.5) is 4.79 Å². The van der Waals surface area contributed by atoms with E-state index in [0.29, 0.717) is 0 Å². The molecule has 2 saturated carbocycles. The van der Waals surface area contributed by atoms with Gasteiger partial charge < -0.3 is 4.90 Å². The van der Waals surface area contributed by atoms with Crippen LogP contribution in [-0.4, -0.2) is 31.6 Å². The summed E-state index contributed by atoms with van der Waals surface area (Å²) in [6.07, 6.45) is 4.36. The molecule has 4 unspecified atom stereocenters. The minimum absolute atomic E-state index is 0.286. The van der Waals surface area contributed by atoms with Crippen molar-refractivity contribution >= 4 is 13.7 Å². The predicted octanol–water partition coefficient (Wildman–Crippen LogP) is 0.717. The lowest BCUT2D eigenvalue weighted by atomic mass is 9.82. The minimum Gasteiger partial charge on any atom is -0.351 e. The minimum atomic E-state index is 0.286. The van der Waals surface area contributed by atoms with Gasteiger partial charge >= 0.3 is 0 Å². The zero-order valence-electron chi connectivity index (χ0n) is 8.20. The van der Waals surface area contributed by atoms with Crippen LogP contribution in [0.1, 0.15) is 19.3 Å². The molecule has 0 spiro atoms. The number of hydrogen-bond donors (Lipinski definition) is 0. The predicted molar refractivity (Wildman–Crippen MR) is 53.3 cm³/mol. The van der Waals surface area contributed by atoms with E-state index in [1.165, 1.54) is 19.3 Å². The third kappa shape index (κ3) is 0.991. The number of nitrogens with zero attached hydrogens (tertiary/aromatic N) is 1. The first kappa shape index (κ1) is 7.89. The summed E-state index contributed by atoms with van der Waals surface area (Å²) in [4.78, 5) is 13.3. The average molecular weight is 177 g/mol. The first-order valence-electron chi connectivity index (χ1n) is 5.51. The quantitative estimate of drug-likeness (QED) is 0.499. The van der Waals surface area contributed by atoms with Crippen LogP contribution in [-0.2, 0) is 0 Å². The maximum absolute atomic E-state index is 11.2. The lowest BCUT2D eigenvalue weighted by molar-refractivity contribution is 0.226. The van der Waals surface area contributed by atoms with Crippen LogP contribution < -0.4 is 0 Å². The summed E-state index contributed by atoms with van der Waals surface area (Å²) in [5, 5.41) is 0. The van der Waals surface area contributed by atoms with Crippen LogP contribution in [0.25, 0.3) is 0 Å². The van der Waals surface area contributed by atoms with E-state index >= 15 is 0 Å². The fourth-order valence-corrected chi connectivity index (χ4v) is 3.94. The maximum Gasteiger partial charge on any atom is 0.215 e. The molecule has 2 bridgehead atoms. The Morgan fingerprint density at radius 2 is 1.69 bits per heavy atom. The number of rotatable bonds is 0. The third-order valence-electron chi connectivity index (χ3n) is 4.58. The molecule has 70 valence electrons. The van der Waals surface area contributed by atoms with E-state index in [2.05, 4.69) is 4.90 Å². The standard InChI is InChI=1S/C10H16BNO/c11-10(13)12-4-8-6-1-2-7(3-6)9(8)5-12/h6-9H,1-5,11H2. The van der Waals surface area contributed by atoms with Gasteiger partial charge in [-0.15, -0.1) is 0 Å². The van der Waals surface area contributed by atoms with Gasteiger partial charge in [0.2, 0.25) is 7.85 Å². The molecule has 1 heterocycles. The smallest absolute Gasteiger partial charge is 0.215 e. The Kier molecular flexibility index (Phi) is 1.53. The lowest BCUT2D eigenvalue weighted by Crippen LogP contribution is -2.28. The van der Waals surface area contributed by atoms with Crippen molar-refractivity contribution < 1.29 is 4.79 Å². The fourth-order valence-electron chi connectivity index (χ4n) is 3.94. The average Bonchev–Trinajstić information content (AvgIpc) is 2.76. The van der Waals surface area contributed by atoms with Crippen LogP contribution in [0, 0.1) is 23.7 Å². The second-order valence-electron chi connectivity index (χ2n) is 5.08. The van der Waals surface area contributed by atoms with E-state index in [4.69, 9.17) is 0 Å². The van der Waals surface area contributed by atoms with Crippen molar-refractivity contribution in [2.45, 2.75) is 19.3 Å². The highest BCUT2D eigenvalue weighted by Crippen LogP contribution is 2.54. The van der Waals surface area contributed by atoms with Crippen molar-refractivity contribution in [3.05, 3.63) is 0 Å². The Hall–Kier alpha value is -0.465. The van der Waals surface area contributed by atoms with E-state index in [1.807, 2.05) is 0 Å². The second-order valence-corrected chi connectivity index (χ2v) is 5.08. The van der Waals surface area contributed by atoms with Crippen molar-refractivity contribution in [3.63, 3.8) is 0 Å². The van der Waals surface area contributed by atoms with Gasteiger partial charge in [0, 0.05) is 13.1 Å². The Labute approximate surface area is 80.1 Å². The molecule has 0 radical (unpaired) electrons. The molecular formula is C10H16BNO. The van der Waals surface area contributed by atoms with Gasteiger partial charge in [0.25, 0.3) is 0 Å². The van der Waals surface area contributed by atoms with E-state index in [1.54, 1.807) is 7.85 Å². The summed E-state index contributed by atoms with van der Waals surface area (Å²) >= 11 is 0. The summed E-state index contributed by atoms with van der Waals surface area (Å²) in [6, 6.07) is 0. The molecule has 3 aliphatic rings. The molecule has 0 aromatic rings. The van der Waals surface area contributed by atoms with Crippen LogP contribution in [0.2, 0.25) is 0 Å². The number of likely N-dealkylation sites (tertiary alicyclic amines) is 1. The Bertz CT molecular complexity index is 237. The number of hydrogen-bond acceptors (Lipinski definition) is 1. The Morgan fingerprint density at radius 1 is 1.15 bits per heavy atom. The van der Waals surface area contributed by atoms with Crippen molar-refractivity contribution in [3.8, 4) is 0 Å². The normalized spacial score (nSPS) is 46.9. The molecule has 3 heteroatoms. The maximum atomic E-state index is 11.2. The number of carbonyl (C=O) groups is 1. The van der Waals surface area contributed by atoms with Crippen LogP contribution in [0.3, 0.4) is 0 Å². The number of amides is 1. The Balaban J connectivity index is 1.79. The van der Waals surface area contributed by atoms with Gasteiger partial charge in [-0.1, -0.05) is 0 Å². The molecule has 3 fully saturated rings. The lowest BCUT2D eigenvalue weighted by Gasteiger charge is -2.22. The van der Waals surface area contributed by atoms with E-state index in [-0.39, 0.29) is 5.81 Å². The first-order chi connectivity index (χ1) is 6.25. The molecular weight excluding hydrogens is 161 g/mol. The Morgan fingerprint density at radius 3 is 2.15 bits per heavy atom. The van der Waals surface area contributed by atoms with Gasteiger partial charge in [0.15, 0.2) is 5.81 Å². The zero-order chi connectivity index (χ0) is 9.00. The van der Waals surface area contributed by atoms with Crippen LogP contribution in [0.5, 0.6) is 0 Å². The fraction of sp³-hybridized carbons (Fsp3) is 0.900. The summed E-state index contributed by atoms with van der Waals surface area (Å²) in [7, 11) is 1.71. The first-order valence-corrected chi connectivity index (χ1v) is 5.51. The SMILES string of the molecule is BC(=O)N1CC2C3CCC(C3)C2C1. The van der Waals surface area contributed by atoms with Crippen molar-refractivity contribution in [1.29, 1.82) is 0 Å². The molecule has 0 aromatic heterocycles. The molecule has 2 nitrogen and oxygen atoms in total. The van der Waals surface area contributed by atoms with E-state index in [0.717, 1.165) is 36.8 Å². The topological polar surface area (TPSA) is 20.3 Å². The monoisotopic (exact) mass is 177 g/mol. The van der Waals surface area contributed by atoms with Gasteiger partial charge in [-0.2, -0.15) is 0 Å². The highest BCUT2D eigenvalue weighted by atomic mass is 16.1. The highest BCUT2D eigenvalue weighted by molar-refractivity contribution is 6.56. The highest BCUT2D eigenvalue weighted by Gasteiger charge is 2.51. The largest absolute Gasteiger partial charge is 0.351 e. The second kappa shape index (κ2) is 2.52. The van der Waals surface area contributed by atoms with Crippen LogP contribution >= 0.6 is 0 Å². The zero-order valence-corrected chi connectivity index (χ0v) is 8.20. The molecule has 1 aliphatic heterocycles. The molecule has 1 saturated heterocycles. The third-order valence-corrected chi connectivity index (χ3v) is 4.58. The molecule has 1 amide bonds. The molecule has 0 N–H and O–H groups in total. The van der Waals surface area contributed by atoms with Gasteiger partial charge in [-0.25, -0.2) is 0 Å². The van der Waals surface area contributed by atoms with E-state index in [9.17, 15) is 4.79 Å². The van der Waals surface area contributed by atoms with E-state index < -0.39 is 0 Å². The molecule has 4 atom stereocenters. The summed E-state index contributed by atoms with van der Waals surface area (Å²) < 4.78 is 0. The summed E-state index contributed by atoms with van der Waals surface area (Å²) in [5.41, 5.74) is 0. The summed E-state index contributed by atoms with van der Waals surface area (Å²) in [5.74, 6) is 3.98. The van der Waals surface area contributed by atoms with Crippen molar-refractivity contribution in [2.75, 3.05) is 13.1 Å². The van der Waals surface area contributed by atoms with Gasteiger partial charge in [0.1, 0.15) is 0 Å². The number of carbonyl (C=O) groups excluding carboxylic acids is 1. The summed E-state index contributed by atoms with van der Waals surface area (Å²) in [6.45, 7) is 2.14. The molecule has 13 heavy (non-hydrogen) atoms. The van der Waals surface area contributed by atoms with Gasteiger partial charge in [-0.3, -0.25) is 4.79 Å². The van der Waals surface area contributed by atoms with Gasteiger partial charge in [0.05, 0.1) is 0 Å².